The summed E-state index contributed by atoms with van der Waals surface area (Å²) in [5.41, 5.74) is 3.47. The lowest BCUT2D eigenvalue weighted by Gasteiger charge is -2.41. The second-order valence-corrected chi connectivity index (χ2v) is 8.79. The van der Waals surface area contributed by atoms with E-state index in [4.69, 9.17) is 4.52 Å². The van der Waals surface area contributed by atoms with Crippen molar-refractivity contribution in [2.24, 2.45) is 5.92 Å². The van der Waals surface area contributed by atoms with Gasteiger partial charge in [0.1, 0.15) is 32.5 Å². The quantitative estimate of drug-likeness (QED) is 0.666. The number of aryl methyl sites for hydroxylation is 2. The van der Waals surface area contributed by atoms with E-state index >= 15 is 0 Å². The average molecular weight is 413 g/mol. The lowest BCUT2D eigenvalue weighted by atomic mass is 9.52. The normalized spacial score (nSPS) is 17.5. The van der Waals surface area contributed by atoms with Crippen LogP contribution in [0.15, 0.2) is 23.0 Å². The molecule has 0 aromatic carbocycles. The largest absolute Gasteiger partial charge is 0.478 e. The van der Waals surface area contributed by atoms with Gasteiger partial charge in [-0.3, -0.25) is 4.98 Å². The minimum atomic E-state index is -2.62. The van der Waals surface area contributed by atoms with Crippen LogP contribution >= 0.6 is 0 Å². The van der Waals surface area contributed by atoms with E-state index in [1.54, 1.807) is 12.4 Å². The highest BCUT2D eigenvalue weighted by atomic mass is 19.3. The van der Waals surface area contributed by atoms with Crippen LogP contribution in [0.5, 0.6) is 0 Å². The number of carbonyl (C=O) groups is 1. The minimum absolute atomic E-state index is 0.00269. The molecule has 0 radical (unpaired) electrons. The van der Waals surface area contributed by atoms with Crippen molar-refractivity contribution in [3.63, 3.8) is 0 Å². The molecule has 1 N–H and O–H groups in total. The first-order valence-corrected chi connectivity index (χ1v) is 10.1. The number of carboxylic acids is 1. The highest BCUT2D eigenvalue weighted by Crippen LogP contribution is 2.42. The van der Waals surface area contributed by atoms with Gasteiger partial charge < -0.3 is 14.2 Å². The number of hydrogen-bond donors (Lipinski definition) is 1. The Morgan fingerprint density at radius 1 is 1.33 bits per heavy atom. The first kappa shape index (κ1) is 20.6. The highest BCUT2D eigenvalue weighted by Gasteiger charge is 2.41. The SMILES string of the molecule is BC(B)(C1CCC(F)(F)CC1)n1cc(C(=O)O)c2ncc(-c3c(C)noc3C)cc21. The van der Waals surface area contributed by atoms with Gasteiger partial charge in [-0.05, 0) is 44.0 Å². The van der Waals surface area contributed by atoms with Crippen LogP contribution in [0.25, 0.3) is 22.2 Å². The topological polar surface area (TPSA) is 81.2 Å². The van der Waals surface area contributed by atoms with Crippen LogP contribution in [0.2, 0.25) is 0 Å². The molecule has 0 aliphatic heterocycles. The van der Waals surface area contributed by atoms with E-state index in [-0.39, 0.29) is 24.3 Å². The van der Waals surface area contributed by atoms with Crippen LogP contribution in [0.4, 0.5) is 8.78 Å². The molecule has 30 heavy (non-hydrogen) atoms. The third-order valence-electron chi connectivity index (χ3n) is 6.53. The molecule has 10 heteroatoms. The summed E-state index contributed by atoms with van der Waals surface area (Å²) in [7, 11) is 3.96. The molecule has 0 bridgehead atoms. The Morgan fingerprint density at radius 3 is 2.57 bits per heavy atom. The first-order valence-electron chi connectivity index (χ1n) is 10.1. The van der Waals surface area contributed by atoms with Crippen molar-refractivity contribution in [3.05, 3.63) is 35.5 Å². The van der Waals surface area contributed by atoms with E-state index in [0.717, 1.165) is 16.8 Å². The van der Waals surface area contributed by atoms with Crippen molar-refractivity contribution < 1.29 is 23.2 Å². The maximum Gasteiger partial charge on any atom is 0.339 e. The molecule has 1 aliphatic carbocycles. The third kappa shape index (κ3) is 3.32. The molecule has 3 heterocycles. The lowest BCUT2D eigenvalue weighted by molar-refractivity contribution is -0.0498. The van der Waals surface area contributed by atoms with E-state index in [9.17, 15) is 18.7 Å². The summed E-state index contributed by atoms with van der Waals surface area (Å²) in [5.74, 6) is -3.03. The monoisotopic (exact) mass is 413 g/mol. The molecule has 4 rings (SSSR count). The zero-order valence-corrected chi connectivity index (χ0v) is 17.5. The van der Waals surface area contributed by atoms with Crippen molar-refractivity contribution in [2.45, 2.75) is 50.8 Å². The summed E-state index contributed by atoms with van der Waals surface area (Å²) in [6.45, 7) is 3.65. The molecule has 0 amide bonds. The van der Waals surface area contributed by atoms with E-state index < -0.39 is 17.2 Å². The molecule has 156 valence electrons. The molecular formula is C20H23B2F2N3O3. The Bertz CT molecular complexity index is 1110. The Labute approximate surface area is 174 Å². The van der Waals surface area contributed by atoms with E-state index in [2.05, 4.69) is 10.1 Å². The third-order valence-corrected chi connectivity index (χ3v) is 6.53. The van der Waals surface area contributed by atoms with Gasteiger partial charge in [-0.15, -0.1) is 0 Å². The number of fused-ring (bicyclic) bond motifs is 1. The second-order valence-electron chi connectivity index (χ2n) is 8.79. The summed E-state index contributed by atoms with van der Waals surface area (Å²) in [6, 6.07) is 1.89. The van der Waals surface area contributed by atoms with Crippen molar-refractivity contribution in [3.8, 4) is 11.1 Å². The predicted octanol–water partition coefficient (Wildman–Crippen LogP) is 2.71. The number of hydrogen-bond acceptors (Lipinski definition) is 4. The fraction of sp³-hybridized carbons (Fsp3) is 0.450. The fourth-order valence-electron chi connectivity index (χ4n) is 4.71. The van der Waals surface area contributed by atoms with Crippen LogP contribution in [0, 0.1) is 19.8 Å². The van der Waals surface area contributed by atoms with Crippen molar-refractivity contribution in [1.82, 2.24) is 14.7 Å². The number of aromatic carboxylic acids is 1. The van der Waals surface area contributed by atoms with Gasteiger partial charge in [0.15, 0.2) is 0 Å². The van der Waals surface area contributed by atoms with E-state index in [1.807, 2.05) is 40.2 Å². The Balaban J connectivity index is 1.86. The van der Waals surface area contributed by atoms with Crippen LogP contribution in [-0.2, 0) is 5.34 Å². The average Bonchev–Trinajstić information content (AvgIpc) is 3.21. The van der Waals surface area contributed by atoms with Crippen molar-refractivity contribution >= 4 is 32.7 Å². The van der Waals surface area contributed by atoms with Crippen molar-refractivity contribution in [2.75, 3.05) is 0 Å². The first-order chi connectivity index (χ1) is 14.0. The maximum atomic E-state index is 13.7. The summed E-state index contributed by atoms with van der Waals surface area (Å²) >= 11 is 0. The van der Waals surface area contributed by atoms with E-state index in [1.165, 1.54) is 0 Å². The number of nitrogens with zero attached hydrogens (tertiary/aromatic N) is 3. The number of pyridine rings is 1. The molecule has 1 saturated carbocycles. The number of carboxylic acid groups (broad SMARTS) is 1. The molecule has 0 spiro atoms. The van der Waals surface area contributed by atoms with E-state index in [0.29, 0.717) is 29.6 Å². The molecule has 3 aromatic rings. The molecule has 1 fully saturated rings. The molecule has 0 saturated heterocycles. The smallest absolute Gasteiger partial charge is 0.339 e. The molecule has 0 atom stereocenters. The van der Waals surface area contributed by atoms with Crippen LogP contribution in [0.1, 0.15) is 47.5 Å². The fourth-order valence-corrected chi connectivity index (χ4v) is 4.71. The Morgan fingerprint density at radius 2 is 2.00 bits per heavy atom. The molecular weight excluding hydrogens is 390 g/mol. The highest BCUT2D eigenvalue weighted by molar-refractivity contribution is 6.38. The zero-order chi connectivity index (χ0) is 21.8. The number of alkyl halides is 2. The van der Waals surface area contributed by atoms with Crippen LogP contribution in [0.3, 0.4) is 0 Å². The molecule has 0 unspecified atom stereocenters. The molecule has 3 aromatic heterocycles. The molecule has 1 aliphatic rings. The number of halogens is 2. The summed E-state index contributed by atoms with van der Waals surface area (Å²) in [6.07, 6.45) is 3.70. The molecule has 6 nitrogen and oxygen atoms in total. The lowest BCUT2D eigenvalue weighted by Crippen LogP contribution is -2.45. The Kier molecular flexibility index (Phi) is 4.78. The summed E-state index contributed by atoms with van der Waals surface area (Å²) in [4.78, 5) is 16.3. The summed E-state index contributed by atoms with van der Waals surface area (Å²) in [5, 5.41) is 13.1. The minimum Gasteiger partial charge on any atom is -0.478 e. The number of aromatic nitrogens is 3. The van der Waals surface area contributed by atoms with Gasteiger partial charge in [-0.1, -0.05) is 5.16 Å². The van der Waals surface area contributed by atoms with Gasteiger partial charge in [0.2, 0.25) is 5.92 Å². The van der Waals surface area contributed by atoms with Gasteiger partial charge in [0, 0.05) is 36.4 Å². The summed E-state index contributed by atoms with van der Waals surface area (Å²) < 4.78 is 34.6. The maximum absolute atomic E-state index is 13.7. The van der Waals surface area contributed by atoms with Gasteiger partial charge in [0.25, 0.3) is 0 Å². The second kappa shape index (κ2) is 6.96. The van der Waals surface area contributed by atoms with Gasteiger partial charge in [-0.25, -0.2) is 13.6 Å². The van der Waals surface area contributed by atoms with Gasteiger partial charge >= 0.3 is 5.97 Å². The van der Waals surface area contributed by atoms with Gasteiger partial charge in [0.05, 0.1) is 11.2 Å². The van der Waals surface area contributed by atoms with Crippen LogP contribution in [-0.4, -0.2) is 47.4 Å². The standard InChI is InChI=1S/C20H23B2F2N3O3/c1-10-16(11(2)30-26-10)12-7-15-17(25-8-12)14(18(28)29)9-27(15)20(21,22)13-3-5-19(23,24)6-4-13/h7-9,13H,3-6,21-22H2,1-2H3,(H,28,29). The van der Waals surface area contributed by atoms with Crippen LogP contribution < -0.4 is 0 Å². The predicted molar refractivity (Wildman–Crippen MR) is 114 cm³/mol. The van der Waals surface area contributed by atoms with Gasteiger partial charge in [-0.2, -0.15) is 0 Å². The number of rotatable bonds is 4. The zero-order valence-electron chi connectivity index (χ0n) is 17.5. The Hall–Kier alpha value is -2.64. The van der Waals surface area contributed by atoms with Crippen molar-refractivity contribution in [1.29, 1.82) is 0 Å².